The zero-order valence-corrected chi connectivity index (χ0v) is 9.56. The number of ether oxygens (including phenoxy) is 1. The normalized spacial score (nSPS) is 10.2. The number of benzene rings is 2. The second kappa shape index (κ2) is 4.93. The van der Waals surface area contributed by atoms with Crippen LogP contribution in [0.4, 0.5) is 14.5 Å². The molecule has 19 heavy (non-hydrogen) atoms. The molecule has 0 heterocycles. The van der Waals surface area contributed by atoms with Crippen molar-refractivity contribution in [2.75, 3.05) is 5.73 Å². The van der Waals surface area contributed by atoms with Gasteiger partial charge in [-0.15, -0.1) is 0 Å². The van der Waals surface area contributed by atoms with E-state index < -0.39 is 17.6 Å². The Labute approximate surface area is 107 Å². The van der Waals surface area contributed by atoms with Crippen molar-refractivity contribution in [3.63, 3.8) is 0 Å². The Morgan fingerprint density at radius 2 is 1.79 bits per heavy atom. The third-order valence-electron chi connectivity index (χ3n) is 2.35. The first-order valence-corrected chi connectivity index (χ1v) is 5.23. The van der Waals surface area contributed by atoms with Gasteiger partial charge >= 0.3 is 5.97 Å². The Hall–Kier alpha value is -2.63. The van der Waals surface area contributed by atoms with E-state index in [1.165, 1.54) is 18.2 Å². The number of carboxylic acid groups (broad SMARTS) is 1. The van der Waals surface area contributed by atoms with Gasteiger partial charge in [-0.3, -0.25) is 0 Å². The first-order chi connectivity index (χ1) is 8.97. The summed E-state index contributed by atoms with van der Waals surface area (Å²) in [6.07, 6.45) is 0. The third kappa shape index (κ3) is 2.79. The number of anilines is 1. The van der Waals surface area contributed by atoms with E-state index in [1.54, 1.807) is 0 Å². The highest BCUT2D eigenvalue weighted by Gasteiger charge is 2.14. The van der Waals surface area contributed by atoms with Crippen LogP contribution >= 0.6 is 0 Å². The SMILES string of the molecule is Nc1ccc(Oc2ccc(F)cc2F)c(C(=O)O)c1. The summed E-state index contributed by atoms with van der Waals surface area (Å²) in [6, 6.07) is 6.65. The lowest BCUT2D eigenvalue weighted by Crippen LogP contribution is -2.02. The molecule has 0 unspecified atom stereocenters. The summed E-state index contributed by atoms with van der Waals surface area (Å²) in [5.74, 6) is -3.28. The van der Waals surface area contributed by atoms with Gasteiger partial charge in [0.25, 0.3) is 0 Å². The summed E-state index contributed by atoms with van der Waals surface area (Å²) in [5, 5.41) is 8.99. The number of hydrogen-bond donors (Lipinski definition) is 2. The molecular weight excluding hydrogens is 256 g/mol. The number of halogens is 2. The molecule has 0 aromatic heterocycles. The van der Waals surface area contributed by atoms with Crippen LogP contribution in [0.25, 0.3) is 0 Å². The smallest absolute Gasteiger partial charge is 0.339 e. The van der Waals surface area contributed by atoms with Gasteiger partial charge in [-0.05, 0) is 30.3 Å². The lowest BCUT2D eigenvalue weighted by molar-refractivity contribution is 0.0694. The average molecular weight is 265 g/mol. The van der Waals surface area contributed by atoms with Crippen molar-refractivity contribution in [1.29, 1.82) is 0 Å². The molecule has 2 rings (SSSR count). The van der Waals surface area contributed by atoms with Gasteiger partial charge in [-0.1, -0.05) is 0 Å². The van der Waals surface area contributed by atoms with Crippen molar-refractivity contribution in [3.8, 4) is 11.5 Å². The van der Waals surface area contributed by atoms with Crippen molar-refractivity contribution >= 4 is 11.7 Å². The molecule has 0 atom stereocenters. The molecule has 0 saturated heterocycles. The van der Waals surface area contributed by atoms with E-state index >= 15 is 0 Å². The summed E-state index contributed by atoms with van der Waals surface area (Å²) >= 11 is 0. The molecule has 6 heteroatoms. The quantitative estimate of drug-likeness (QED) is 0.836. The van der Waals surface area contributed by atoms with Gasteiger partial charge in [-0.25, -0.2) is 13.6 Å². The molecule has 0 aliphatic rings. The first kappa shape index (κ1) is 12.8. The fourth-order valence-electron chi connectivity index (χ4n) is 1.48. The van der Waals surface area contributed by atoms with Crippen LogP contribution in [-0.2, 0) is 0 Å². The molecule has 0 aliphatic carbocycles. The molecule has 3 N–H and O–H groups in total. The highest BCUT2D eigenvalue weighted by molar-refractivity contribution is 5.92. The molecule has 0 spiro atoms. The summed E-state index contributed by atoms with van der Waals surface area (Å²) in [5.41, 5.74) is 5.50. The molecule has 0 amide bonds. The lowest BCUT2D eigenvalue weighted by atomic mass is 10.2. The van der Waals surface area contributed by atoms with Gasteiger partial charge in [-0.2, -0.15) is 0 Å². The fraction of sp³-hybridized carbons (Fsp3) is 0. The van der Waals surface area contributed by atoms with Crippen LogP contribution in [-0.4, -0.2) is 11.1 Å². The maximum absolute atomic E-state index is 13.4. The monoisotopic (exact) mass is 265 g/mol. The highest BCUT2D eigenvalue weighted by Crippen LogP contribution is 2.29. The largest absolute Gasteiger partial charge is 0.478 e. The van der Waals surface area contributed by atoms with Crippen LogP contribution in [0.15, 0.2) is 36.4 Å². The first-order valence-electron chi connectivity index (χ1n) is 5.23. The van der Waals surface area contributed by atoms with E-state index in [1.807, 2.05) is 0 Å². The zero-order chi connectivity index (χ0) is 14.0. The van der Waals surface area contributed by atoms with Crippen LogP contribution in [0.1, 0.15) is 10.4 Å². The summed E-state index contributed by atoms with van der Waals surface area (Å²) in [6.45, 7) is 0. The van der Waals surface area contributed by atoms with Gasteiger partial charge < -0.3 is 15.6 Å². The van der Waals surface area contributed by atoms with E-state index in [9.17, 15) is 13.6 Å². The third-order valence-corrected chi connectivity index (χ3v) is 2.35. The maximum Gasteiger partial charge on any atom is 0.339 e. The van der Waals surface area contributed by atoms with Gasteiger partial charge in [0.05, 0.1) is 0 Å². The summed E-state index contributed by atoms with van der Waals surface area (Å²) < 4.78 is 31.3. The number of carboxylic acids is 1. The predicted molar refractivity (Wildman–Crippen MR) is 64.2 cm³/mol. The Bertz CT molecular complexity index is 644. The van der Waals surface area contributed by atoms with E-state index in [0.717, 1.165) is 12.1 Å². The number of carbonyl (C=O) groups is 1. The van der Waals surface area contributed by atoms with Crippen molar-refractivity contribution in [2.24, 2.45) is 0 Å². The topological polar surface area (TPSA) is 72.5 Å². The van der Waals surface area contributed by atoms with Crippen molar-refractivity contribution in [1.82, 2.24) is 0 Å². The Kier molecular flexibility index (Phi) is 3.33. The van der Waals surface area contributed by atoms with E-state index in [4.69, 9.17) is 15.6 Å². The van der Waals surface area contributed by atoms with Crippen LogP contribution < -0.4 is 10.5 Å². The number of hydrogen-bond acceptors (Lipinski definition) is 3. The fourth-order valence-corrected chi connectivity index (χ4v) is 1.48. The van der Waals surface area contributed by atoms with Crippen LogP contribution in [0.5, 0.6) is 11.5 Å². The highest BCUT2D eigenvalue weighted by atomic mass is 19.1. The number of rotatable bonds is 3. The summed E-state index contributed by atoms with van der Waals surface area (Å²) in [4.78, 5) is 11.0. The number of aromatic carboxylic acids is 1. The molecule has 2 aromatic carbocycles. The minimum absolute atomic E-state index is 0.0767. The maximum atomic E-state index is 13.4. The molecule has 0 bridgehead atoms. The molecular formula is C13H9F2NO3. The molecule has 0 fully saturated rings. The number of nitrogen functional groups attached to an aromatic ring is 1. The minimum atomic E-state index is -1.26. The van der Waals surface area contributed by atoms with Crippen molar-refractivity contribution in [2.45, 2.75) is 0 Å². The van der Waals surface area contributed by atoms with E-state index in [0.29, 0.717) is 6.07 Å². The van der Waals surface area contributed by atoms with Gasteiger partial charge in [0, 0.05) is 11.8 Å². The van der Waals surface area contributed by atoms with Gasteiger partial charge in [0.15, 0.2) is 11.6 Å². The Morgan fingerprint density at radius 3 is 2.42 bits per heavy atom. The number of nitrogens with two attached hydrogens (primary N) is 1. The van der Waals surface area contributed by atoms with Gasteiger partial charge in [0.2, 0.25) is 0 Å². The van der Waals surface area contributed by atoms with E-state index in [2.05, 4.69) is 0 Å². The second-order valence-corrected chi connectivity index (χ2v) is 3.74. The lowest BCUT2D eigenvalue weighted by Gasteiger charge is -2.10. The molecule has 0 aliphatic heterocycles. The Balaban J connectivity index is 2.40. The molecule has 0 saturated carbocycles. The standard InChI is InChI=1S/C13H9F2NO3/c14-7-1-3-12(10(15)5-7)19-11-4-2-8(16)6-9(11)13(17)18/h1-6H,16H2,(H,17,18). The van der Waals surface area contributed by atoms with E-state index in [-0.39, 0.29) is 22.7 Å². The minimum Gasteiger partial charge on any atom is -0.478 e. The van der Waals surface area contributed by atoms with Crippen LogP contribution in [0.3, 0.4) is 0 Å². The average Bonchev–Trinajstić information content (AvgIpc) is 2.34. The summed E-state index contributed by atoms with van der Waals surface area (Å²) in [7, 11) is 0. The molecule has 98 valence electrons. The second-order valence-electron chi connectivity index (χ2n) is 3.74. The zero-order valence-electron chi connectivity index (χ0n) is 9.56. The predicted octanol–water partition coefficient (Wildman–Crippen LogP) is 3.04. The van der Waals surface area contributed by atoms with Crippen molar-refractivity contribution < 1.29 is 23.4 Å². The molecule has 4 nitrogen and oxygen atoms in total. The van der Waals surface area contributed by atoms with Crippen LogP contribution in [0, 0.1) is 11.6 Å². The van der Waals surface area contributed by atoms with Crippen molar-refractivity contribution in [3.05, 3.63) is 53.6 Å². The molecule has 2 aromatic rings. The Morgan fingerprint density at radius 1 is 1.11 bits per heavy atom. The van der Waals surface area contributed by atoms with Crippen LogP contribution in [0.2, 0.25) is 0 Å². The van der Waals surface area contributed by atoms with Gasteiger partial charge in [0.1, 0.15) is 17.1 Å². The molecule has 0 radical (unpaired) electrons.